The number of carbonyl (C=O) groups excluding carboxylic acids is 1. The van der Waals surface area contributed by atoms with Crippen LogP contribution in [0.25, 0.3) is 0 Å². The molecule has 0 aromatic heterocycles. The maximum absolute atomic E-state index is 10.6. The first-order valence-corrected chi connectivity index (χ1v) is 4.13. The van der Waals surface area contributed by atoms with E-state index in [1.54, 1.807) is 0 Å². The van der Waals surface area contributed by atoms with E-state index in [2.05, 4.69) is 17.3 Å². The van der Waals surface area contributed by atoms with Crippen molar-refractivity contribution in [2.75, 3.05) is 0 Å². The zero-order valence-corrected chi connectivity index (χ0v) is 6.85. The molecule has 0 rings (SSSR count). The van der Waals surface area contributed by atoms with Gasteiger partial charge < -0.3 is 4.18 Å². The van der Waals surface area contributed by atoms with Crippen molar-refractivity contribution in [2.24, 2.45) is 0 Å². The molecule has 5 heteroatoms. The Kier molecular flexibility index (Phi) is 3.00. The summed E-state index contributed by atoms with van der Waals surface area (Å²) in [7, 11) is -3.91. The Morgan fingerprint density at radius 2 is 2.00 bits per heavy atom. The SMILES string of the molecule is C=CS(=O)(=O)OC(=O)C(=C)C. The highest BCUT2D eigenvalue weighted by molar-refractivity contribution is 7.90. The summed E-state index contributed by atoms with van der Waals surface area (Å²) in [5.74, 6) is -0.968. The number of carbonyl (C=O) groups is 1. The number of hydrogen-bond donors (Lipinski definition) is 0. The summed E-state index contributed by atoms with van der Waals surface area (Å²) in [6.45, 7) is 7.50. The fourth-order valence-corrected chi connectivity index (χ4v) is 0.632. The van der Waals surface area contributed by atoms with E-state index >= 15 is 0 Å². The molecule has 0 amide bonds. The van der Waals surface area contributed by atoms with E-state index < -0.39 is 16.1 Å². The second-order valence-electron chi connectivity index (χ2n) is 1.81. The number of rotatable bonds is 3. The van der Waals surface area contributed by atoms with Crippen molar-refractivity contribution in [3.05, 3.63) is 24.1 Å². The highest BCUT2D eigenvalue weighted by Gasteiger charge is 2.12. The summed E-state index contributed by atoms with van der Waals surface area (Å²) in [5.41, 5.74) is 0.0235. The molecule has 11 heavy (non-hydrogen) atoms. The van der Waals surface area contributed by atoms with Crippen LogP contribution in [0.2, 0.25) is 0 Å². The average molecular weight is 176 g/mol. The van der Waals surface area contributed by atoms with Gasteiger partial charge in [-0.15, -0.1) is 0 Å². The first-order chi connectivity index (χ1) is 4.89. The number of hydrogen-bond acceptors (Lipinski definition) is 4. The third-order valence-corrected chi connectivity index (χ3v) is 1.54. The zero-order chi connectivity index (χ0) is 9.07. The van der Waals surface area contributed by atoms with Crippen LogP contribution in [0.1, 0.15) is 6.92 Å². The summed E-state index contributed by atoms with van der Waals surface area (Å²) in [6.07, 6.45) is 0. The standard InChI is InChI=1S/C6H8O4S/c1-4-11(8,9)10-6(7)5(2)3/h4H,1-2H2,3H3. The van der Waals surface area contributed by atoms with E-state index in [1.807, 2.05) is 0 Å². The first kappa shape index (κ1) is 9.90. The molecule has 0 spiro atoms. The molecule has 0 N–H and O–H groups in total. The third-order valence-electron chi connectivity index (χ3n) is 0.744. The summed E-state index contributed by atoms with van der Waals surface area (Å²) < 4.78 is 25.0. The molecule has 0 aromatic carbocycles. The van der Waals surface area contributed by atoms with Gasteiger partial charge in [-0.05, 0) is 6.92 Å². The van der Waals surface area contributed by atoms with Gasteiger partial charge in [0, 0.05) is 5.57 Å². The van der Waals surface area contributed by atoms with Gasteiger partial charge in [0.05, 0.1) is 5.41 Å². The smallest absolute Gasteiger partial charge is 0.338 e. The molecule has 0 radical (unpaired) electrons. The predicted molar refractivity (Wildman–Crippen MR) is 40.0 cm³/mol. The van der Waals surface area contributed by atoms with Crippen molar-refractivity contribution < 1.29 is 17.4 Å². The van der Waals surface area contributed by atoms with E-state index in [-0.39, 0.29) is 5.57 Å². The molecule has 4 nitrogen and oxygen atoms in total. The van der Waals surface area contributed by atoms with E-state index in [0.717, 1.165) is 0 Å². The van der Waals surface area contributed by atoms with Gasteiger partial charge in [0.25, 0.3) is 0 Å². The highest BCUT2D eigenvalue weighted by Crippen LogP contribution is 1.99. The maximum Gasteiger partial charge on any atom is 0.349 e. The minimum atomic E-state index is -3.91. The molecule has 0 heterocycles. The van der Waals surface area contributed by atoms with Crippen LogP contribution in [0, 0.1) is 0 Å². The Morgan fingerprint density at radius 1 is 1.55 bits per heavy atom. The van der Waals surface area contributed by atoms with E-state index in [0.29, 0.717) is 5.41 Å². The van der Waals surface area contributed by atoms with Gasteiger partial charge in [0.2, 0.25) is 0 Å². The molecule has 0 fully saturated rings. The van der Waals surface area contributed by atoms with Crippen LogP contribution in [0.4, 0.5) is 0 Å². The van der Waals surface area contributed by atoms with E-state index in [1.165, 1.54) is 6.92 Å². The first-order valence-electron chi connectivity index (χ1n) is 2.66. The van der Waals surface area contributed by atoms with Gasteiger partial charge in [-0.1, -0.05) is 13.2 Å². The van der Waals surface area contributed by atoms with Gasteiger partial charge >= 0.3 is 16.1 Å². The van der Waals surface area contributed by atoms with Crippen LogP contribution >= 0.6 is 0 Å². The molecule has 0 aromatic rings. The lowest BCUT2D eigenvalue weighted by molar-refractivity contribution is -0.129. The second-order valence-corrected chi connectivity index (χ2v) is 3.30. The van der Waals surface area contributed by atoms with Gasteiger partial charge in [-0.3, -0.25) is 0 Å². The van der Waals surface area contributed by atoms with Crippen LogP contribution in [0.15, 0.2) is 24.1 Å². The van der Waals surface area contributed by atoms with Gasteiger partial charge in [-0.2, -0.15) is 8.42 Å². The van der Waals surface area contributed by atoms with Crippen LogP contribution in [-0.4, -0.2) is 14.4 Å². The normalized spacial score (nSPS) is 10.3. The molecule has 0 aliphatic carbocycles. The largest absolute Gasteiger partial charge is 0.349 e. The summed E-state index contributed by atoms with van der Waals surface area (Å²) in [5, 5.41) is 0.549. The van der Waals surface area contributed by atoms with Crippen molar-refractivity contribution in [1.29, 1.82) is 0 Å². The van der Waals surface area contributed by atoms with Crippen molar-refractivity contribution >= 4 is 16.1 Å². The molecule has 0 unspecified atom stereocenters. The third kappa shape index (κ3) is 3.57. The fraction of sp³-hybridized carbons (Fsp3) is 0.167. The molecule has 62 valence electrons. The lowest BCUT2D eigenvalue weighted by Crippen LogP contribution is -2.10. The summed E-state index contributed by atoms with van der Waals surface area (Å²) >= 11 is 0. The van der Waals surface area contributed by atoms with E-state index in [4.69, 9.17) is 0 Å². The molecule has 0 bridgehead atoms. The molecule has 0 aliphatic heterocycles. The van der Waals surface area contributed by atoms with Crippen molar-refractivity contribution in [2.45, 2.75) is 6.92 Å². The fourth-order valence-electron chi connectivity index (χ4n) is 0.211. The Balaban J connectivity index is 4.41. The average Bonchev–Trinajstić information content (AvgIpc) is 1.87. The van der Waals surface area contributed by atoms with Crippen molar-refractivity contribution in [3.8, 4) is 0 Å². The van der Waals surface area contributed by atoms with E-state index in [9.17, 15) is 13.2 Å². The Bertz CT molecular complexity index is 286. The molecular weight excluding hydrogens is 168 g/mol. The van der Waals surface area contributed by atoms with Crippen molar-refractivity contribution in [3.63, 3.8) is 0 Å². The Hall–Kier alpha value is -1.10. The second kappa shape index (κ2) is 3.34. The minimum absolute atomic E-state index is 0.0235. The maximum atomic E-state index is 10.6. The highest BCUT2D eigenvalue weighted by atomic mass is 32.2. The van der Waals surface area contributed by atoms with Crippen LogP contribution in [0.5, 0.6) is 0 Å². The van der Waals surface area contributed by atoms with Gasteiger partial charge in [0.1, 0.15) is 0 Å². The minimum Gasteiger partial charge on any atom is -0.338 e. The molecule has 0 aliphatic rings. The quantitative estimate of drug-likeness (QED) is 0.466. The molecule has 0 saturated heterocycles. The predicted octanol–water partition coefficient (Wildman–Crippen LogP) is 0.579. The summed E-state index contributed by atoms with van der Waals surface area (Å²) in [4.78, 5) is 10.6. The Morgan fingerprint density at radius 3 is 2.27 bits per heavy atom. The van der Waals surface area contributed by atoms with Gasteiger partial charge in [0.15, 0.2) is 0 Å². The molecular formula is C6H8O4S. The summed E-state index contributed by atoms with van der Waals surface area (Å²) in [6, 6.07) is 0. The Labute approximate surface area is 65.3 Å². The zero-order valence-electron chi connectivity index (χ0n) is 6.03. The lowest BCUT2D eigenvalue weighted by atomic mass is 10.4. The lowest BCUT2D eigenvalue weighted by Gasteiger charge is -1.98. The van der Waals surface area contributed by atoms with Crippen LogP contribution in [0.3, 0.4) is 0 Å². The molecule has 0 atom stereocenters. The van der Waals surface area contributed by atoms with Crippen molar-refractivity contribution in [1.82, 2.24) is 0 Å². The topological polar surface area (TPSA) is 60.4 Å². The van der Waals surface area contributed by atoms with Crippen LogP contribution < -0.4 is 0 Å². The van der Waals surface area contributed by atoms with Gasteiger partial charge in [-0.25, -0.2) is 4.79 Å². The molecule has 0 saturated carbocycles. The monoisotopic (exact) mass is 176 g/mol. The van der Waals surface area contributed by atoms with Crippen LogP contribution in [-0.2, 0) is 19.1 Å².